The number of nitriles is 2. The maximum Gasteiger partial charge on any atom is 0.179 e. The molecule has 0 aliphatic rings. The van der Waals surface area contributed by atoms with Crippen molar-refractivity contribution in [1.29, 1.82) is 10.5 Å². The van der Waals surface area contributed by atoms with Gasteiger partial charge in [0.25, 0.3) is 0 Å². The fraction of sp³-hybridized carbons (Fsp3) is 0.333. The van der Waals surface area contributed by atoms with Crippen molar-refractivity contribution in [3.8, 4) is 17.9 Å². The lowest BCUT2D eigenvalue weighted by atomic mass is 9.96. The Morgan fingerprint density at radius 1 is 0.784 bits per heavy atom. The minimum Gasteiger partial charge on any atom is -0.506 e. The first kappa shape index (κ1) is 30.7. The number of aliphatic hydroxyl groups is 2. The van der Waals surface area contributed by atoms with Crippen molar-refractivity contribution in [3.63, 3.8) is 0 Å². The van der Waals surface area contributed by atoms with Crippen LogP contribution in [0.2, 0.25) is 0 Å². The molecular formula is C30H34N2O5. The largest absolute Gasteiger partial charge is 0.506 e. The van der Waals surface area contributed by atoms with Crippen LogP contribution >= 0.6 is 0 Å². The maximum atomic E-state index is 11.9. The number of Topliss-reactive ketones (excluding diaryl/α,β-unsaturated/α-hetero) is 2. The van der Waals surface area contributed by atoms with E-state index in [-0.39, 0.29) is 52.2 Å². The van der Waals surface area contributed by atoms with Crippen molar-refractivity contribution >= 4 is 23.1 Å². The molecule has 0 saturated heterocycles. The zero-order valence-corrected chi connectivity index (χ0v) is 22.4. The van der Waals surface area contributed by atoms with E-state index in [2.05, 4.69) is 0 Å². The number of carbonyl (C=O) groups is 2. The van der Waals surface area contributed by atoms with Gasteiger partial charge < -0.3 is 14.9 Å². The topological polar surface area (TPSA) is 131 Å². The molecule has 0 aromatic heterocycles. The Hall–Kier alpha value is -4.36. The van der Waals surface area contributed by atoms with Crippen LogP contribution in [0.15, 0.2) is 59.7 Å². The summed E-state index contributed by atoms with van der Waals surface area (Å²) < 4.78 is 5.57. The molecule has 0 amide bonds. The van der Waals surface area contributed by atoms with Crippen LogP contribution in [-0.4, -0.2) is 27.9 Å². The number of allylic oxidation sites excluding steroid dienone is 2. The molecule has 194 valence electrons. The van der Waals surface area contributed by atoms with Crippen LogP contribution < -0.4 is 4.74 Å². The van der Waals surface area contributed by atoms with E-state index >= 15 is 0 Å². The average molecular weight is 503 g/mol. The van der Waals surface area contributed by atoms with Gasteiger partial charge in [-0.2, -0.15) is 10.5 Å². The molecule has 37 heavy (non-hydrogen) atoms. The van der Waals surface area contributed by atoms with Crippen LogP contribution in [0, 0.1) is 41.4 Å². The lowest BCUT2D eigenvalue weighted by Gasteiger charge is -2.13. The SMILES string of the molecule is CC(C)C(=O)C(C#N)=C(O)c1ccccc1.Cc1cc(OC(C)C)ccc1C(O)=C(C#N)C(=O)C(C)C. The summed E-state index contributed by atoms with van der Waals surface area (Å²) in [5.41, 5.74) is 1.31. The van der Waals surface area contributed by atoms with E-state index in [9.17, 15) is 19.8 Å². The predicted molar refractivity (Wildman–Crippen MR) is 143 cm³/mol. The summed E-state index contributed by atoms with van der Waals surface area (Å²) in [5, 5.41) is 38.1. The number of ketones is 2. The van der Waals surface area contributed by atoms with Crippen LogP contribution in [0.3, 0.4) is 0 Å². The van der Waals surface area contributed by atoms with E-state index < -0.39 is 0 Å². The lowest BCUT2D eigenvalue weighted by Crippen LogP contribution is -2.11. The number of benzene rings is 2. The molecular weight excluding hydrogens is 468 g/mol. The summed E-state index contributed by atoms with van der Waals surface area (Å²) in [7, 11) is 0. The molecule has 0 fully saturated rings. The zero-order chi connectivity index (χ0) is 28.3. The summed E-state index contributed by atoms with van der Waals surface area (Å²) in [6.45, 7) is 12.4. The number of ether oxygens (including phenoxy) is 1. The number of nitrogens with zero attached hydrogens (tertiary/aromatic N) is 2. The molecule has 0 bridgehead atoms. The third kappa shape index (κ3) is 8.66. The molecule has 0 heterocycles. The third-order valence-electron chi connectivity index (χ3n) is 5.11. The number of aliphatic hydroxyl groups excluding tert-OH is 2. The Balaban J connectivity index is 0.000000384. The second-order valence-corrected chi connectivity index (χ2v) is 9.22. The fourth-order valence-electron chi connectivity index (χ4n) is 3.15. The van der Waals surface area contributed by atoms with Gasteiger partial charge in [0.15, 0.2) is 11.6 Å². The average Bonchev–Trinajstić information content (AvgIpc) is 2.85. The minimum absolute atomic E-state index is 0.0524. The Morgan fingerprint density at radius 2 is 1.27 bits per heavy atom. The van der Waals surface area contributed by atoms with Crippen LogP contribution in [0.5, 0.6) is 5.75 Å². The predicted octanol–water partition coefficient (Wildman–Crippen LogP) is 6.50. The molecule has 2 rings (SSSR count). The Bertz CT molecular complexity index is 1260. The Labute approximate surface area is 218 Å². The van der Waals surface area contributed by atoms with Crippen molar-refractivity contribution in [2.75, 3.05) is 0 Å². The van der Waals surface area contributed by atoms with Gasteiger partial charge in [-0.05, 0) is 44.5 Å². The number of rotatable bonds is 8. The first-order chi connectivity index (χ1) is 17.3. The van der Waals surface area contributed by atoms with Crippen molar-refractivity contribution in [2.45, 2.75) is 54.6 Å². The highest BCUT2D eigenvalue weighted by Crippen LogP contribution is 2.26. The normalized spacial score (nSPS) is 12.0. The van der Waals surface area contributed by atoms with Gasteiger partial charge in [0.1, 0.15) is 40.6 Å². The van der Waals surface area contributed by atoms with Gasteiger partial charge in [-0.1, -0.05) is 58.0 Å². The van der Waals surface area contributed by atoms with Crippen LogP contribution in [-0.2, 0) is 9.59 Å². The molecule has 2 aromatic rings. The summed E-state index contributed by atoms with van der Waals surface area (Å²) >= 11 is 0. The highest BCUT2D eigenvalue weighted by molar-refractivity contribution is 6.06. The van der Waals surface area contributed by atoms with Gasteiger partial charge in [-0.15, -0.1) is 0 Å². The standard InChI is InChI=1S/C17H21NO3.C13H13NO2/c1-10(2)16(19)15(9-18)17(20)14-7-6-13(8-12(14)5)21-11(3)4;1-9(2)12(15)11(8-14)13(16)10-6-4-3-5-7-10/h6-8,10-11,20H,1-5H3;3-7,9,16H,1-2H3. The lowest BCUT2D eigenvalue weighted by molar-refractivity contribution is -0.118. The van der Waals surface area contributed by atoms with Crippen molar-refractivity contribution in [2.24, 2.45) is 11.8 Å². The third-order valence-corrected chi connectivity index (χ3v) is 5.11. The summed E-state index contributed by atoms with van der Waals surface area (Å²) in [5.74, 6) is -1.19. The van der Waals surface area contributed by atoms with Crippen molar-refractivity contribution in [3.05, 3.63) is 76.4 Å². The van der Waals surface area contributed by atoms with Crippen LogP contribution in [0.1, 0.15) is 58.2 Å². The smallest absolute Gasteiger partial charge is 0.179 e. The minimum atomic E-state index is -0.364. The first-order valence-corrected chi connectivity index (χ1v) is 11.9. The summed E-state index contributed by atoms with van der Waals surface area (Å²) in [6.07, 6.45) is 0.0524. The maximum absolute atomic E-state index is 11.9. The molecule has 7 heteroatoms. The van der Waals surface area contributed by atoms with E-state index in [0.717, 1.165) is 5.56 Å². The van der Waals surface area contributed by atoms with E-state index in [4.69, 9.17) is 15.3 Å². The first-order valence-electron chi connectivity index (χ1n) is 11.9. The second-order valence-electron chi connectivity index (χ2n) is 9.22. The summed E-state index contributed by atoms with van der Waals surface area (Å²) in [6, 6.07) is 17.3. The van der Waals surface area contributed by atoms with Gasteiger partial charge in [-0.3, -0.25) is 9.59 Å². The summed E-state index contributed by atoms with van der Waals surface area (Å²) in [4.78, 5) is 23.6. The molecule has 2 N–H and O–H groups in total. The molecule has 0 saturated carbocycles. The molecule has 0 radical (unpaired) electrons. The molecule has 0 spiro atoms. The quantitative estimate of drug-likeness (QED) is 0.239. The van der Waals surface area contributed by atoms with Gasteiger partial charge in [0.2, 0.25) is 0 Å². The molecule has 7 nitrogen and oxygen atoms in total. The van der Waals surface area contributed by atoms with Crippen LogP contribution in [0.4, 0.5) is 0 Å². The number of carbonyl (C=O) groups excluding carboxylic acids is 2. The zero-order valence-electron chi connectivity index (χ0n) is 22.4. The number of aryl methyl sites for hydroxylation is 1. The van der Waals surface area contributed by atoms with Crippen molar-refractivity contribution < 1.29 is 24.5 Å². The molecule has 2 aromatic carbocycles. The molecule has 0 atom stereocenters. The van der Waals surface area contributed by atoms with Gasteiger partial charge >= 0.3 is 0 Å². The molecule has 0 unspecified atom stereocenters. The molecule has 0 aliphatic carbocycles. The fourth-order valence-corrected chi connectivity index (χ4v) is 3.15. The monoisotopic (exact) mass is 502 g/mol. The highest BCUT2D eigenvalue weighted by Gasteiger charge is 2.21. The van der Waals surface area contributed by atoms with E-state index in [1.165, 1.54) is 0 Å². The van der Waals surface area contributed by atoms with E-state index in [1.807, 2.05) is 13.8 Å². The second kappa shape index (κ2) is 14.3. The van der Waals surface area contributed by atoms with Gasteiger partial charge in [-0.25, -0.2) is 0 Å². The van der Waals surface area contributed by atoms with E-state index in [1.54, 1.807) is 95.3 Å². The number of hydrogen-bond acceptors (Lipinski definition) is 7. The number of hydrogen-bond donors (Lipinski definition) is 2. The Kier molecular flexibility index (Phi) is 11.8. The van der Waals surface area contributed by atoms with Gasteiger partial charge in [0, 0.05) is 23.0 Å². The van der Waals surface area contributed by atoms with Gasteiger partial charge in [0.05, 0.1) is 6.10 Å². The van der Waals surface area contributed by atoms with E-state index in [0.29, 0.717) is 16.9 Å². The highest BCUT2D eigenvalue weighted by atomic mass is 16.5. The van der Waals surface area contributed by atoms with Crippen LogP contribution in [0.25, 0.3) is 11.5 Å². The molecule has 0 aliphatic heterocycles. The van der Waals surface area contributed by atoms with Crippen molar-refractivity contribution in [1.82, 2.24) is 0 Å². The Morgan fingerprint density at radius 3 is 1.68 bits per heavy atom.